The van der Waals surface area contributed by atoms with Crippen molar-refractivity contribution >= 4 is 45.5 Å². The quantitative estimate of drug-likeness (QED) is 0.191. The average molecular weight is 629 g/mol. The molecule has 0 saturated carbocycles. The molecule has 1 fully saturated rings. The van der Waals surface area contributed by atoms with Crippen molar-refractivity contribution in [2.45, 2.75) is 25.4 Å². The van der Waals surface area contributed by atoms with Crippen molar-refractivity contribution in [1.82, 2.24) is 29.4 Å². The zero-order chi connectivity index (χ0) is 31.5. The van der Waals surface area contributed by atoms with Crippen LogP contribution in [0.4, 0.5) is 17.3 Å². The molecular formula is C35H32N8O2S. The summed E-state index contributed by atoms with van der Waals surface area (Å²) in [5.41, 5.74) is 3.97. The van der Waals surface area contributed by atoms with Crippen molar-refractivity contribution < 1.29 is 4.79 Å². The first-order chi connectivity index (χ1) is 22.5. The Morgan fingerprint density at radius 1 is 1.00 bits per heavy atom. The Morgan fingerprint density at radius 2 is 1.83 bits per heavy atom. The molecule has 46 heavy (non-hydrogen) atoms. The van der Waals surface area contributed by atoms with Crippen LogP contribution in [0.25, 0.3) is 21.6 Å². The molecule has 5 heterocycles. The Morgan fingerprint density at radius 3 is 2.61 bits per heavy atom. The fourth-order valence-electron chi connectivity index (χ4n) is 5.86. The van der Waals surface area contributed by atoms with E-state index in [1.807, 2.05) is 41.8 Å². The highest BCUT2D eigenvalue weighted by molar-refractivity contribution is 7.13. The fraction of sp³-hybridized carbons (Fsp3) is 0.200. The maximum atomic E-state index is 14.1. The zero-order valence-electron chi connectivity index (χ0n) is 25.3. The Labute approximate surface area is 269 Å². The van der Waals surface area contributed by atoms with Crippen LogP contribution < -0.4 is 16.2 Å². The van der Waals surface area contributed by atoms with Gasteiger partial charge in [-0.05, 0) is 62.8 Å². The molecule has 6 aromatic rings. The molecule has 2 aromatic carbocycles. The second kappa shape index (κ2) is 13.0. The van der Waals surface area contributed by atoms with Gasteiger partial charge in [0.1, 0.15) is 10.7 Å². The third-order valence-electron chi connectivity index (χ3n) is 8.14. The lowest BCUT2D eigenvalue weighted by molar-refractivity contribution is 0.103. The number of nitrogens with one attached hydrogen (secondary N) is 2. The molecule has 0 radical (unpaired) electrons. The van der Waals surface area contributed by atoms with Crippen LogP contribution in [-0.4, -0.2) is 61.4 Å². The number of fused-ring (bicyclic) bond motifs is 1. The number of nitrogens with zero attached hydrogens (tertiary/aromatic N) is 6. The largest absolute Gasteiger partial charge is 0.381 e. The van der Waals surface area contributed by atoms with E-state index in [0.29, 0.717) is 28.6 Å². The lowest BCUT2D eigenvalue weighted by Crippen LogP contribution is -2.39. The number of hydrogen-bond acceptors (Lipinski definition) is 10. The van der Waals surface area contributed by atoms with Crippen molar-refractivity contribution in [1.29, 1.82) is 0 Å². The predicted octanol–water partition coefficient (Wildman–Crippen LogP) is 5.84. The van der Waals surface area contributed by atoms with E-state index in [2.05, 4.69) is 37.5 Å². The lowest BCUT2D eigenvalue weighted by Gasteiger charge is -2.30. The van der Waals surface area contributed by atoms with Crippen LogP contribution >= 0.6 is 11.3 Å². The number of piperidine rings is 1. The first kappa shape index (κ1) is 29.5. The van der Waals surface area contributed by atoms with E-state index >= 15 is 0 Å². The van der Waals surface area contributed by atoms with Gasteiger partial charge in [-0.2, -0.15) is 4.98 Å². The van der Waals surface area contributed by atoms with E-state index in [1.54, 1.807) is 55.1 Å². The highest BCUT2D eigenvalue weighted by Gasteiger charge is 2.21. The molecule has 2 N–H and O–H groups in total. The molecule has 1 atom stereocenters. The third-order valence-corrected chi connectivity index (χ3v) is 8.95. The Bertz CT molecular complexity index is 2050. The number of aromatic nitrogens is 5. The number of pyridine rings is 2. The first-order valence-corrected chi connectivity index (χ1v) is 16.0. The smallest absolute Gasteiger partial charge is 0.263 e. The summed E-state index contributed by atoms with van der Waals surface area (Å²) in [7, 11) is 2.16. The van der Waals surface area contributed by atoms with Gasteiger partial charge in [0, 0.05) is 76.2 Å². The van der Waals surface area contributed by atoms with E-state index in [4.69, 9.17) is 4.98 Å². The van der Waals surface area contributed by atoms with Crippen LogP contribution in [0.2, 0.25) is 0 Å². The number of rotatable bonds is 9. The van der Waals surface area contributed by atoms with Gasteiger partial charge in [-0.3, -0.25) is 19.1 Å². The van der Waals surface area contributed by atoms with Crippen LogP contribution in [0.1, 0.15) is 34.3 Å². The predicted molar refractivity (Wildman–Crippen MR) is 182 cm³/mol. The molecule has 1 unspecified atom stereocenters. The van der Waals surface area contributed by atoms with Gasteiger partial charge in [0.15, 0.2) is 5.78 Å². The summed E-state index contributed by atoms with van der Waals surface area (Å²) < 4.78 is 1.53. The molecule has 0 spiro atoms. The van der Waals surface area contributed by atoms with Crippen molar-refractivity contribution in [3.05, 3.63) is 124 Å². The number of hydrogen-bond donors (Lipinski definition) is 2. The van der Waals surface area contributed by atoms with Gasteiger partial charge in [-0.15, -0.1) is 11.3 Å². The van der Waals surface area contributed by atoms with Gasteiger partial charge in [-0.1, -0.05) is 30.3 Å². The van der Waals surface area contributed by atoms with Crippen molar-refractivity contribution in [3.63, 3.8) is 0 Å². The molecule has 0 amide bonds. The van der Waals surface area contributed by atoms with Crippen molar-refractivity contribution in [3.8, 4) is 10.6 Å². The SMILES string of the molecule is CN1CCCC(Nc2ccc(Nc3ncc4cc(C(=O)c5ccccc5)c(=O)n(Cc5cnccc5-c5nccs5)c4n3)cc2)C1. The number of carbonyl (C=O) groups is 1. The normalized spacial score (nSPS) is 15.1. The number of anilines is 3. The molecule has 0 bridgehead atoms. The van der Waals surface area contributed by atoms with Crippen molar-refractivity contribution in [2.75, 3.05) is 30.8 Å². The van der Waals surface area contributed by atoms with Crippen LogP contribution in [-0.2, 0) is 6.54 Å². The minimum atomic E-state index is -0.441. The molecule has 230 valence electrons. The molecule has 1 saturated heterocycles. The molecular weight excluding hydrogens is 597 g/mol. The molecule has 11 heteroatoms. The molecule has 7 rings (SSSR count). The Kier molecular flexibility index (Phi) is 8.32. The number of thiazole rings is 1. The van der Waals surface area contributed by atoms with E-state index in [-0.39, 0.29) is 17.9 Å². The summed E-state index contributed by atoms with van der Waals surface area (Å²) in [6.45, 7) is 2.30. The zero-order valence-corrected chi connectivity index (χ0v) is 26.1. The minimum Gasteiger partial charge on any atom is -0.381 e. The summed E-state index contributed by atoms with van der Waals surface area (Å²) in [6.07, 6.45) is 9.15. The van der Waals surface area contributed by atoms with Gasteiger partial charge >= 0.3 is 0 Å². The number of carbonyl (C=O) groups excluding carboxylic acids is 1. The van der Waals surface area contributed by atoms with Crippen LogP contribution in [0.15, 0.2) is 102 Å². The summed E-state index contributed by atoms with van der Waals surface area (Å²) in [5, 5.41) is 10.2. The highest BCUT2D eigenvalue weighted by atomic mass is 32.1. The molecule has 4 aromatic heterocycles. The number of ketones is 1. The maximum Gasteiger partial charge on any atom is 0.263 e. The molecule has 1 aliphatic rings. The summed E-state index contributed by atoms with van der Waals surface area (Å²) in [4.78, 5) is 48.1. The standard InChI is InChI=1S/C35H32N8O2S/c1-42-16-5-8-28(22-42)39-26-9-11-27(12-10-26)40-35-38-20-24-18-30(31(44)23-6-3-2-4-7-23)34(45)43(32(24)41-35)21-25-19-36-14-13-29(25)33-37-15-17-46-33/h2-4,6-7,9-15,17-20,28,39H,5,8,16,21-22H2,1H3,(H,38,40,41). The van der Waals surface area contributed by atoms with E-state index in [1.165, 1.54) is 22.3 Å². The van der Waals surface area contributed by atoms with E-state index in [9.17, 15) is 9.59 Å². The molecule has 10 nitrogen and oxygen atoms in total. The summed E-state index contributed by atoms with van der Waals surface area (Å²) in [6, 6.07) is 20.7. The van der Waals surface area contributed by atoms with Gasteiger partial charge in [0.25, 0.3) is 5.56 Å². The second-order valence-electron chi connectivity index (χ2n) is 11.4. The molecule has 0 aliphatic carbocycles. The lowest BCUT2D eigenvalue weighted by atomic mass is 10.0. The van der Waals surface area contributed by atoms with Crippen LogP contribution in [0, 0.1) is 0 Å². The van der Waals surface area contributed by atoms with Crippen LogP contribution in [0.5, 0.6) is 0 Å². The van der Waals surface area contributed by atoms with Gasteiger partial charge in [0.05, 0.1) is 12.1 Å². The topological polar surface area (TPSA) is 118 Å². The van der Waals surface area contributed by atoms with Gasteiger partial charge in [0.2, 0.25) is 5.95 Å². The fourth-order valence-corrected chi connectivity index (χ4v) is 6.56. The second-order valence-corrected chi connectivity index (χ2v) is 12.3. The third kappa shape index (κ3) is 6.28. The number of benzene rings is 2. The maximum absolute atomic E-state index is 14.1. The number of likely N-dealkylation sites (tertiary alicyclic amines) is 1. The van der Waals surface area contributed by atoms with E-state index < -0.39 is 5.56 Å². The van der Waals surface area contributed by atoms with Crippen LogP contribution in [0.3, 0.4) is 0 Å². The average Bonchev–Trinajstić information content (AvgIpc) is 3.62. The highest BCUT2D eigenvalue weighted by Crippen LogP contribution is 2.27. The summed E-state index contributed by atoms with van der Waals surface area (Å²) >= 11 is 1.51. The van der Waals surface area contributed by atoms with E-state index in [0.717, 1.165) is 47.0 Å². The Hall–Kier alpha value is -5.26. The summed E-state index contributed by atoms with van der Waals surface area (Å²) in [5.74, 6) is -0.0212. The number of likely N-dealkylation sites (N-methyl/N-ethyl adjacent to an activating group) is 1. The van der Waals surface area contributed by atoms with Crippen molar-refractivity contribution in [2.24, 2.45) is 0 Å². The molecule has 1 aliphatic heterocycles. The van der Waals surface area contributed by atoms with Gasteiger partial charge < -0.3 is 15.5 Å². The minimum absolute atomic E-state index is 0.0509. The monoisotopic (exact) mass is 628 g/mol. The first-order valence-electron chi connectivity index (χ1n) is 15.2. The van der Waals surface area contributed by atoms with Gasteiger partial charge in [-0.25, -0.2) is 9.97 Å². The Balaban J connectivity index is 1.24.